The molecule has 1 aliphatic rings. The lowest BCUT2D eigenvalue weighted by Crippen LogP contribution is -2.24. The summed E-state index contributed by atoms with van der Waals surface area (Å²) in [5.74, 6) is -0.925. The van der Waals surface area contributed by atoms with E-state index in [0.717, 1.165) is 18.2 Å². The molecule has 0 bridgehead atoms. The number of halogens is 1. The third-order valence-electron chi connectivity index (χ3n) is 3.59. The van der Waals surface area contributed by atoms with Crippen LogP contribution in [0.4, 0.5) is 4.39 Å². The Kier molecular flexibility index (Phi) is 3.77. The molecule has 118 valence electrons. The third kappa shape index (κ3) is 2.90. The fourth-order valence-electron chi connectivity index (χ4n) is 2.51. The minimum absolute atomic E-state index is 0.108. The highest BCUT2D eigenvalue weighted by Gasteiger charge is 2.32. The van der Waals surface area contributed by atoms with E-state index in [0.29, 0.717) is 11.3 Å². The van der Waals surface area contributed by atoms with E-state index in [2.05, 4.69) is 0 Å². The Morgan fingerprint density at radius 2 is 1.96 bits per heavy atom. The van der Waals surface area contributed by atoms with Gasteiger partial charge >= 0.3 is 0 Å². The van der Waals surface area contributed by atoms with Crippen molar-refractivity contribution in [2.24, 2.45) is 0 Å². The molecule has 0 unspecified atom stereocenters. The van der Waals surface area contributed by atoms with Crippen molar-refractivity contribution in [3.63, 3.8) is 0 Å². The smallest absolute Gasteiger partial charge is 0.191 e. The number of fused-ring (bicyclic) bond motifs is 1. The minimum atomic E-state index is -3.66. The Labute approximate surface area is 133 Å². The molecular formula is C17H13FO4S. The number of sulfone groups is 1. The summed E-state index contributed by atoms with van der Waals surface area (Å²) >= 11 is 0. The van der Waals surface area contributed by atoms with E-state index >= 15 is 0 Å². The number of benzene rings is 2. The molecule has 0 saturated carbocycles. The molecule has 3 rings (SSSR count). The summed E-state index contributed by atoms with van der Waals surface area (Å²) in [5, 5.41) is 0. The van der Waals surface area contributed by atoms with Crippen molar-refractivity contribution in [3.05, 3.63) is 65.0 Å². The molecule has 1 aliphatic heterocycles. The quantitative estimate of drug-likeness (QED) is 0.627. The Morgan fingerprint density at radius 3 is 2.70 bits per heavy atom. The van der Waals surface area contributed by atoms with E-state index in [-0.39, 0.29) is 16.0 Å². The van der Waals surface area contributed by atoms with Crippen LogP contribution in [0.1, 0.15) is 15.9 Å². The molecule has 0 radical (unpaired) electrons. The van der Waals surface area contributed by atoms with E-state index in [4.69, 9.17) is 4.74 Å². The van der Waals surface area contributed by atoms with Crippen molar-refractivity contribution in [2.45, 2.75) is 4.90 Å². The topological polar surface area (TPSA) is 60.4 Å². The van der Waals surface area contributed by atoms with Crippen molar-refractivity contribution in [3.8, 4) is 5.75 Å². The molecule has 0 spiro atoms. The summed E-state index contributed by atoms with van der Waals surface area (Å²) in [6, 6.07) is 10.0. The number of hydrogen-bond donors (Lipinski definition) is 0. The van der Waals surface area contributed by atoms with Crippen LogP contribution in [0, 0.1) is 5.82 Å². The molecule has 1 heterocycles. The Hall–Kier alpha value is -2.47. The molecular weight excluding hydrogens is 319 g/mol. The first-order valence-corrected chi connectivity index (χ1v) is 8.47. The van der Waals surface area contributed by atoms with Gasteiger partial charge in [0.1, 0.15) is 11.6 Å². The second-order valence-corrected chi connectivity index (χ2v) is 7.13. The first-order valence-electron chi connectivity index (χ1n) is 6.82. The molecule has 2 aromatic rings. The van der Waals surface area contributed by atoms with E-state index < -0.39 is 27.2 Å². The number of methoxy groups -OCH3 is 1. The lowest BCUT2D eigenvalue weighted by molar-refractivity contribution is 0.103. The van der Waals surface area contributed by atoms with Crippen LogP contribution in [-0.4, -0.2) is 27.1 Å². The summed E-state index contributed by atoms with van der Waals surface area (Å²) in [6.45, 7) is 0. The van der Waals surface area contributed by atoms with Gasteiger partial charge in [-0.1, -0.05) is 12.1 Å². The molecule has 0 fully saturated rings. The van der Waals surface area contributed by atoms with Gasteiger partial charge in [-0.3, -0.25) is 4.79 Å². The van der Waals surface area contributed by atoms with Gasteiger partial charge in [-0.2, -0.15) is 0 Å². The van der Waals surface area contributed by atoms with E-state index in [1.807, 2.05) is 0 Å². The normalized spacial score (nSPS) is 17.8. The average molecular weight is 332 g/mol. The van der Waals surface area contributed by atoms with Gasteiger partial charge in [-0.15, -0.1) is 0 Å². The first kappa shape index (κ1) is 15.4. The van der Waals surface area contributed by atoms with E-state index in [1.165, 1.54) is 13.2 Å². The van der Waals surface area contributed by atoms with Crippen LogP contribution in [-0.2, 0) is 9.84 Å². The summed E-state index contributed by atoms with van der Waals surface area (Å²) in [6.07, 6.45) is 1.50. The van der Waals surface area contributed by atoms with Gasteiger partial charge in [0.05, 0.1) is 17.8 Å². The van der Waals surface area contributed by atoms with Crippen LogP contribution >= 0.6 is 0 Å². The van der Waals surface area contributed by atoms with Gasteiger partial charge in [0.15, 0.2) is 15.6 Å². The van der Waals surface area contributed by atoms with Crippen molar-refractivity contribution in [2.75, 3.05) is 12.9 Å². The highest BCUT2D eigenvalue weighted by Crippen LogP contribution is 2.30. The summed E-state index contributed by atoms with van der Waals surface area (Å²) in [7, 11) is -2.15. The second-order valence-electron chi connectivity index (χ2n) is 5.17. The van der Waals surface area contributed by atoms with E-state index in [9.17, 15) is 17.6 Å². The molecule has 0 aliphatic carbocycles. The van der Waals surface area contributed by atoms with Crippen molar-refractivity contribution >= 4 is 21.7 Å². The fourth-order valence-corrected chi connectivity index (χ4v) is 4.05. The number of ketones is 1. The zero-order valence-electron chi connectivity index (χ0n) is 12.2. The fraction of sp³-hybridized carbons (Fsp3) is 0.118. The lowest BCUT2D eigenvalue weighted by Gasteiger charge is -2.18. The third-order valence-corrected chi connectivity index (χ3v) is 5.31. The van der Waals surface area contributed by atoms with Crippen LogP contribution in [0.3, 0.4) is 0 Å². The van der Waals surface area contributed by atoms with Crippen molar-refractivity contribution < 1.29 is 22.3 Å². The maximum atomic E-state index is 13.4. The summed E-state index contributed by atoms with van der Waals surface area (Å²) in [5.41, 5.74) is 0.629. The lowest BCUT2D eigenvalue weighted by atomic mass is 10.0. The average Bonchev–Trinajstić information content (AvgIpc) is 2.52. The largest absolute Gasteiger partial charge is 0.497 e. The Morgan fingerprint density at radius 1 is 1.17 bits per heavy atom. The molecule has 0 amide bonds. The molecule has 2 aromatic carbocycles. The number of rotatable bonds is 2. The van der Waals surface area contributed by atoms with Crippen LogP contribution in [0.25, 0.3) is 6.08 Å². The highest BCUT2D eigenvalue weighted by molar-refractivity contribution is 7.91. The van der Waals surface area contributed by atoms with Gasteiger partial charge in [-0.25, -0.2) is 12.8 Å². The first-order chi connectivity index (χ1) is 10.9. The van der Waals surface area contributed by atoms with Gasteiger partial charge in [0.2, 0.25) is 0 Å². The SMILES string of the molecule is COc1cccc(C=C2CS(=O)(=O)c3ccc(F)cc3C2=O)c1. The molecule has 0 atom stereocenters. The van der Waals surface area contributed by atoms with Gasteiger partial charge < -0.3 is 4.74 Å². The number of hydrogen-bond acceptors (Lipinski definition) is 4. The zero-order valence-corrected chi connectivity index (χ0v) is 13.1. The molecule has 0 N–H and O–H groups in total. The van der Waals surface area contributed by atoms with Crippen LogP contribution < -0.4 is 4.74 Å². The molecule has 4 nitrogen and oxygen atoms in total. The number of Topliss-reactive ketones (excluding diaryl/α,β-unsaturated/α-hetero) is 1. The second kappa shape index (κ2) is 5.62. The Balaban J connectivity index is 2.12. The maximum absolute atomic E-state index is 13.4. The molecule has 0 aromatic heterocycles. The van der Waals surface area contributed by atoms with Gasteiger partial charge in [0, 0.05) is 11.1 Å². The van der Waals surface area contributed by atoms with Crippen LogP contribution in [0.2, 0.25) is 0 Å². The minimum Gasteiger partial charge on any atom is -0.497 e. The van der Waals surface area contributed by atoms with Gasteiger partial charge in [-0.05, 0) is 42.0 Å². The zero-order chi connectivity index (χ0) is 16.6. The van der Waals surface area contributed by atoms with Gasteiger partial charge in [0.25, 0.3) is 0 Å². The standard InChI is InChI=1S/C17H13FO4S/c1-22-14-4-2-3-11(8-14)7-12-10-23(20,21)16-6-5-13(18)9-15(16)17(12)19/h2-9H,10H2,1H3. The summed E-state index contributed by atoms with van der Waals surface area (Å²) in [4.78, 5) is 12.4. The summed E-state index contributed by atoms with van der Waals surface area (Å²) < 4.78 is 43.1. The van der Waals surface area contributed by atoms with Crippen LogP contribution in [0.5, 0.6) is 5.75 Å². The predicted molar refractivity (Wildman–Crippen MR) is 83.8 cm³/mol. The van der Waals surface area contributed by atoms with Crippen molar-refractivity contribution in [1.29, 1.82) is 0 Å². The molecule has 6 heteroatoms. The predicted octanol–water partition coefficient (Wildman–Crippen LogP) is 2.89. The Bertz CT molecular complexity index is 929. The highest BCUT2D eigenvalue weighted by atomic mass is 32.2. The monoisotopic (exact) mass is 332 g/mol. The molecule has 0 saturated heterocycles. The number of carbonyl (C=O) groups excluding carboxylic acids is 1. The number of carbonyl (C=O) groups is 1. The van der Waals surface area contributed by atoms with Crippen molar-refractivity contribution in [1.82, 2.24) is 0 Å². The maximum Gasteiger partial charge on any atom is 0.191 e. The number of ether oxygens (including phenoxy) is 1. The van der Waals surface area contributed by atoms with Crippen LogP contribution in [0.15, 0.2) is 52.9 Å². The van der Waals surface area contributed by atoms with E-state index in [1.54, 1.807) is 24.3 Å². The molecule has 23 heavy (non-hydrogen) atoms.